The number of imide groups is 1. The summed E-state index contributed by atoms with van der Waals surface area (Å²) >= 11 is 5.86. The molecule has 1 atom stereocenters. The van der Waals surface area contributed by atoms with Gasteiger partial charge >= 0.3 is 0 Å². The molecule has 21 heavy (non-hydrogen) atoms. The van der Waals surface area contributed by atoms with Crippen LogP contribution in [-0.2, 0) is 9.59 Å². The molecule has 1 aromatic carbocycles. The van der Waals surface area contributed by atoms with Crippen molar-refractivity contribution < 1.29 is 9.59 Å². The molecule has 2 amide bonds. The average Bonchev–Trinajstić information content (AvgIpc) is 2.69. The van der Waals surface area contributed by atoms with Crippen molar-refractivity contribution in [1.29, 1.82) is 0 Å². The van der Waals surface area contributed by atoms with Crippen LogP contribution in [0, 0.1) is 0 Å². The van der Waals surface area contributed by atoms with E-state index in [0.717, 1.165) is 25.9 Å². The maximum Gasteiger partial charge on any atom is 0.251 e. The van der Waals surface area contributed by atoms with Gasteiger partial charge in [-0.3, -0.25) is 14.5 Å². The molecule has 2 aliphatic heterocycles. The van der Waals surface area contributed by atoms with Gasteiger partial charge in [0.05, 0.1) is 18.2 Å². The molecule has 0 spiro atoms. The molecule has 1 aromatic rings. The van der Waals surface area contributed by atoms with Crippen molar-refractivity contribution >= 4 is 29.1 Å². The number of rotatable bonds is 2. The Morgan fingerprint density at radius 3 is 2.19 bits per heavy atom. The second-order valence-electron chi connectivity index (χ2n) is 5.71. The Kier molecular flexibility index (Phi) is 4.27. The third-order valence-electron chi connectivity index (χ3n) is 4.29. The SMILES string of the molecule is O=C1C[C@@H](N2CCCCCC2)C(=O)N1c1ccc(Cl)cc1. The number of hydrogen-bond donors (Lipinski definition) is 0. The molecule has 0 aromatic heterocycles. The van der Waals surface area contributed by atoms with E-state index in [0.29, 0.717) is 17.1 Å². The van der Waals surface area contributed by atoms with Gasteiger partial charge in [0.1, 0.15) is 0 Å². The second-order valence-corrected chi connectivity index (χ2v) is 6.15. The normalized spacial score (nSPS) is 24.4. The average molecular weight is 307 g/mol. The zero-order valence-corrected chi connectivity index (χ0v) is 12.7. The largest absolute Gasteiger partial charge is 0.292 e. The molecule has 2 heterocycles. The van der Waals surface area contributed by atoms with Crippen LogP contribution in [0.15, 0.2) is 24.3 Å². The summed E-state index contributed by atoms with van der Waals surface area (Å²) in [7, 11) is 0. The fraction of sp³-hybridized carbons (Fsp3) is 0.500. The van der Waals surface area contributed by atoms with E-state index in [-0.39, 0.29) is 17.9 Å². The molecule has 0 unspecified atom stereocenters. The van der Waals surface area contributed by atoms with Crippen molar-refractivity contribution in [2.24, 2.45) is 0 Å². The molecule has 112 valence electrons. The van der Waals surface area contributed by atoms with E-state index in [2.05, 4.69) is 4.90 Å². The first kappa shape index (κ1) is 14.5. The van der Waals surface area contributed by atoms with Crippen LogP contribution in [0.5, 0.6) is 0 Å². The molecule has 0 N–H and O–H groups in total. The van der Waals surface area contributed by atoms with E-state index >= 15 is 0 Å². The summed E-state index contributed by atoms with van der Waals surface area (Å²) in [5.74, 6) is -0.208. The Morgan fingerprint density at radius 2 is 1.57 bits per heavy atom. The Balaban J connectivity index is 1.79. The molecule has 0 radical (unpaired) electrons. The molecule has 4 nitrogen and oxygen atoms in total. The van der Waals surface area contributed by atoms with E-state index in [4.69, 9.17) is 11.6 Å². The molecule has 3 rings (SSSR count). The number of carbonyl (C=O) groups is 2. The number of halogens is 1. The van der Waals surface area contributed by atoms with Crippen LogP contribution < -0.4 is 4.90 Å². The van der Waals surface area contributed by atoms with Crippen LogP contribution in [0.1, 0.15) is 32.1 Å². The summed E-state index contributed by atoms with van der Waals surface area (Å²) in [6.07, 6.45) is 4.94. The van der Waals surface area contributed by atoms with Crippen molar-refractivity contribution in [2.75, 3.05) is 18.0 Å². The summed E-state index contributed by atoms with van der Waals surface area (Å²) in [6, 6.07) is 6.57. The Hall–Kier alpha value is -1.39. The number of anilines is 1. The molecular weight excluding hydrogens is 288 g/mol. The number of likely N-dealkylation sites (tertiary alicyclic amines) is 1. The van der Waals surface area contributed by atoms with Crippen molar-refractivity contribution in [3.05, 3.63) is 29.3 Å². The van der Waals surface area contributed by atoms with Crippen LogP contribution in [0.2, 0.25) is 5.02 Å². The second kappa shape index (κ2) is 6.16. The summed E-state index contributed by atoms with van der Waals surface area (Å²) in [4.78, 5) is 28.4. The van der Waals surface area contributed by atoms with E-state index in [1.54, 1.807) is 24.3 Å². The van der Waals surface area contributed by atoms with Gasteiger partial charge < -0.3 is 0 Å². The zero-order valence-electron chi connectivity index (χ0n) is 11.9. The molecule has 0 bridgehead atoms. The lowest BCUT2D eigenvalue weighted by atomic mass is 10.2. The van der Waals surface area contributed by atoms with Gasteiger partial charge in [0.25, 0.3) is 5.91 Å². The van der Waals surface area contributed by atoms with E-state index in [9.17, 15) is 9.59 Å². The topological polar surface area (TPSA) is 40.6 Å². The lowest BCUT2D eigenvalue weighted by Gasteiger charge is -2.25. The highest BCUT2D eigenvalue weighted by Crippen LogP contribution is 2.28. The van der Waals surface area contributed by atoms with Crippen molar-refractivity contribution in [1.82, 2.24) is 4.90 Å². The summed E-state index contributed by atoms with van der Waals surface area (Å²) in [5.41, 5.74) is 0.617. The summed E-state index contributed by atoms with van der Waals surface area (Å²) in [6.45, 7) is 1.83. The summed E-state index contributed by atoms with van der Waals surface area (Å²) in [5, 5.41) is 0.599. The highest BCUT2D eigenvalue weighted by atomic mass is 35.5. The van der Waals surface area contributed by atoms with E-state index < -0.39 is 0 Å². The quantitative estimate of drug-likeness (QED) is 0.789. The van der Waals surface area contributed by atoms with Crippen LogP contribution in [-0.4, -0.2) is 35.8 Å². The number of carbonyl (C=O) groups excluding carboxylic acids is 2. The minimum atomic E-state index is -0.286. The molecule has 2 saturated heterocycles. The third kappa shape index (κ3) is 2.97. The fourth-order valence-electron chi connectivity index (χ4n) is 3.17. The van der Waals surface area contributed by atoms with Gasteiger partial charge in [0, 0.05) is 5.02 Å². The van der Waals surface area contributed by atoms with Crippen LogP contribution >= 0.6 is 11.6 Å². The third-order valence-corrected chi connectivity index (χ3v) is 4.54. The van der Waals surface area contributed by atoms with Crippen molar-refractivity contribution in [3.8, 4) is 0 Å². The van der Waals surface area contributed by atoms with Gasteiger partial charge in [-0.2, -0.15) is 0 Å². The fourth-order valence-corrected chi connectivity index (χ4v) is 3.30. The standard InChI is InChI=1S/C16H19ClN2O2/c17-12-5-7-13(8-6-12)19-15(20)11-14(16(19)21)18-9-3-1-2-4-10-18/h5-8,14H,1-4,9-11H2/t14-/m1/s1. The molecular formula is C16H19ClN2O2. The first-order valence-electron chi connectivity index (χ1n) is 7.53. The Morgan fingerprint density at radius 1 is 0.952 bits per heavy atom. The minimum absolute atomic E-state index is 0.0933. The monoisotopic (exact) mass is 306 g/mol. The zero-order chi connectivity index (χ0) is 14.8. The first-order chi connectivity index (χ1) is 10.2. The Labute approximate surface area is 129 Å². The van der Waals surface area contributed by atoms with Gasteiger partial charge in [-0.25, -0.2) is 4.90 Å². The van der Waals surface area contributed by atoms with Crippen LogP contribution in [0.4, 0.5) is 5.69 Å². The number of hydrogen-bond acceptors (Lipinski definition) is 3. The number of amides is 2. The number of nitrogens with zero attached hydrogens (tertiary/aromatic N) is 2. The Bertz CT molecular complexity index is 536. The van der Waals surface area contributed by atoms with E-state index in [1.165, 1.54) is 17.7 Å². The van der Waals surface area contributed by atoms with Gasteiger partial charge in [-0.15, -0.1) is 0 Å². The number of benzene rings is 1. The lowest BCUT2D eigenvalue weighted by Crippen LogP contribution is -2.42. The smallest absolute Gasteiger partial charge is 0.251 e. The maximum absolute atomic E-state index is 12.6. The van der Waals surface area contributed by atoms with Gasteiger partial charge in [0.15, 0.2) is 0 Å². The maximum atomic E-state index is 12.6. The molecule has 2 aliphatic rings. The molecule has 2 fully saturated rings. The molecule has 0 saturated carbocycles. The predicted octanol–water partition coefficient (Wildman–Crippen LogP) is 2.85. The molecule has 0 aliphatic carbocycles. The lowest BCUT2D eigenvalue weighted by molar-refractivity contribution is -0.122. The molecule has 5 heteroatoms. The van der Waals surface area contributed by atoms with Crippen molar-refractivity contribution in [3.63, 3.8) is 0 Å². The minimum Gasteiger partial charge on any atom is -0.292 e. The van der Waals surface area contributed by atoms with Crippen LogP contribution in [0.3, 0.4) is 0 Å². The predicted molar refractivity (Wildman–Crippen MR) is 82.4 cm³/mol. The first-order valence-corrected chi connectivity index (χ1v) is 7.91. The van der Waals surface area contributed by atoms with Gasteiger partial charge in [-0.05, 0) is 50.2 Å². The van der Waals surface area contributed by atoms with Gasteiger partial charge in [-0.1, -0.05) is 24.4 Å². The van der Waals surface area contributed by atoms with Gasteiger partial charge in [0.2, 0.25) is 5.91 Å². The highest BCUT2D eigenvalue weighted by Gasteiger charge is 2.42. The van der Waals surface area contributed by atoms with E-state index in [1.807, 2.05) is 0 Å². The van der Waals surface area contributed by atoms with Crippen molar-refractivity contribution in [2.45, 2.75) is 38.1 Å². The summed E-state index contributed by atoms with van der Waals surface area (Å²) < 4.78 is 0. The highest BCUT2D eigenvalue weighted by molar-refractivity contribution is 6.30. The van der Waals surface area contributed by atoms with Crippen LogP contribution in [0.25, 0.3) is 0 Å².